The van der Waals surface area contributed by atoms with Gasteiger partial charge in [-0.1, -0.05) is 24.3 Å². The maximum absolute atomic E-state index is 9.70. The fourth-order valence-electron chi connectivity index (χ4n) is 2.90. The van der Waals surface area contributed by atoms with Crippen molar-refractivity contribution >= 4 is 0 Å². The molecule has 0 unspecified atom stereocenters. The summed E-state index contributed by atoms with van der Waals surface area (Å²) in [5.74, 6) is 0.724. The van der Waals surface area contributed by atoms with Crippen molar-refractivity contribution in [3.8, 4) is 22.6 Å². The SMILES string of the molecule is COc1cc(-c2cccc3c2CCCC3)ccc1O. The Bertz CT molecular complexity index is 602. The van der Waals surface area contributed by atoms with Gasteiger partial charge in [0.05, 0.1) is 7.11 Å². The minimum Gasteiger partial charge on any atom is -0.504 e. The number of aromatic hydroxyl groups is 1. The molecule has 2 aromatic carbocycles. The predicted molar refractivity (Wildman–Crippen MR) is 76.7 cm³/mol. The highest BCUT2D eigenvalue weighted by Crippen LogP contribution is 2.35. The fourth-order valence-corrected chi connectivity index (χ4v) is 2.90. The van der Waals surface area contributed by atoms with Crippen LogP contribution in [-0.2, 0) is 12.8 Å². The van der Waals surface area contributed by atoms with Crippen LogP contribution in [0.3, 0.4) is 0 Å². The summed E-state index contributed by atoms with van der Waals surface area (Å²) >= 11 is 0. The van der Waals surface area contributed by atoms with E-state index < -0.39 is 0 Å². The number of methoxy groups -OCH3 is 1. The molecule has 0 heterocycles. The van der Waals surface area contributed by atoms with E-state index in [0.717, 1.165) is 12.0 Å². The molecule has 1 N–H and O–H groups in total. The Balaban J connectivity index is 2.12. The molecule has 3 rings (SSSR count). The van der Waals surface area contributed by atoms with E-state index in [-0.39, 0.29) is 5.75 Å². The summed E-state index contributed by atoms with van der Waals surface area (Å²) in [4.78, 5) is 0. The topological polar surface area (TPSA) is 29.5 Å². The zero-order valence-electron chi connectivity index (χ0n) is 11.1. The van der Waals surface area contributed by atoms with Gasteiger partial charge in [-0.2, -0.15) is 0 Å². The Kier molecular flexibility index (Phi) is 3.16. The molecule has 2 aromatic rings. The van der Waals surface area contributed by atoms with Gasteiger partial charge in [-0.25, -0.2) is 0 Å². The largest absolute Gasteiger partial charge is 0.504 e. The summed E-state index contributed by atoms with van der Waals surface area (Å²) in [6.07, 6.45) is 4.88. The van der Waals surface area contributed by atoms with Gasteiger partial charge in [-0.15, -0.1) is 0 Å². The van der Waals surface area contributed by atoms with Gasteiger partial charge in [0.15, 0.2) is 11.5 Å². The number of fused-ring (bicyclic) bond motifs is 1. The van der Waals surface area contributed by atoms with E-state index in [2.05, 4.69) is 18.2 Å². The molecule has 1 aliphatic rings. The van der Waals surface area contributed by atoms with Crippen LogP contribution in [0.4, 0.5) is 0 Å². The lowest BCUT2D eigenvalue weighted by atomic mass is 9.86. The van der Waals surface area contributed by atoms with E-state index in [1.807, 2.05) is 12.1 Å². The molecule has 0 fully saturated rings. The van der Waals surface area contributed by atoms with Crippen LogP contribution in [-0.4, -0.2) is 12.2 Å². The Hall–Kier alpha value is -1.96. The van der Waals surface area contributed by atoms with Crippen molar-refractivity contribution in [2.24, 2.45) is 0 Å². The molecule has 0 aliphatic heterocycles. The summed E-state index contributed by atoms with van der Waals surface area (Å²) in [6, 6.07) is 12.1. The lowest BCUT2D eigenvalue weighted by Gasteiger charge is -2.19. The fraction of sp³-hybridized carbons (Fsp3) is 0.294. The number of hydrogen-bond donors (Lipinski definition) is 1. The molecule has 0 aromatic heterocycles. The molecular formula is C17H18O2. The molecule has 2 heteroatoms. The maximum Gasteiger partial charge on any atom is 0.161 e. The molecule has 0 saturated heterocycles. The van der Waals surface area contributed by atoms with Crippen LogP contribution >= 0.6 is 0 Å². The van der Waals surface area contributed by atoms with Crippen molar-refractivity contribution in [3.63, 3.8) is 0 Å². The number of hydrogen-bond acceptors (Lipinski definition) is 2. The van der Waals surface area contributed by atoms with Gasteiger partial charge < -0.3 is 9.84 Å². The van der Waals surface area contributed by atoms with Crippen LogP contribution in [0.1, 0.15) is 24.0 Å². The summed E-state index contributed by atoms with van der Waals surface area (Å²) in [7, 11) is 1.58. The standard InChI is InChI=1S/C17H18O2/c1-19-17-11-13(9-10-16(17)18)15-8-4-6-12-5-2-3-7-14(12)15/h4,6,8-11,18H,2-3,5,7H2,1H3. The van der Waals surface area contributed by atoms with E-state index in [4.69, 9.17) is 4.74 Å². The van der Waals surface area contributed by atoms with Gasteiger partial charge in [-0.3, -0.25) is 0 Å². The van der Waals surface area contributed by atoms with Crippen LogP contribution in [0.15, 0.2) is 36.4 Å². The predicted octanol–water partition coefficient (Wildman–Crippen LogP) is 3.95. The van der Waals surface area contributed by atoms with E-state index in [1.165, 1.54) is 36.0 Å². The molecule has 0 amide bonds. The van der Waals surface area contributed by atoms with Crippen molar-refractivity contribution in [1.82, 2.24) is 0 Å². The van der Waals surface area contributed by atoms with Gasteiger partial charge >= 0.3 is 0 Å². The molecule has 0 bridgehead atoms. The Morgan fingerprint density at radius 2 is 1.89 bits per heavy atom. The summed E-state index contributed by atoms with van der Waals surface area (Å²) in [5.41, 5.74) is 5.32. The van der Waals surface area contributed by atoms with E-state index in [9.17, 15) is 5.11 Å². The average Bonchev–Trinajstić information content (AvgIpc) is 2.47. The Morgan fingerprint density at radius 3 is 2.74 bits per heavy atom. The van der Waals surface area contributed by atoms with Gasteiger partial charge in [0.2, 0.25) is 0 Å². The van der Waals surface area contributed by atoms with Crippen molar-refractivity contribution in [1.29, 1.82) is 0 Å². The summed E-state index contributed by atoms with van der Waals surface area (Å²) in [5, 5.41) is 9.70. The third-order valence-corrected chi connectivity index (χ3v) is 3.89. The highest BCUT2D eigenvalue weighted by atomic mass is 16.5. The zero-order valence-corrected chi connectivity index (χ0v) is 11.1. The smallest absolute Gasteiger partial charge is 0.161 e. The van der Waals surface area contributed by atoms with Gasteiger partial charge in [-0.05, 0) is 60.1 Å². The van der Waals surface area contributed by atoms with Crippen molar-refractivity contribution < 1.29 is 9.84 Å². The normalized spacial score (nSPS) is 13.9. The van der Waals surface area contributed by atoms with Crippen molar-refractivity contribution in [2.75, 3.05) is 7.11 Å². The number of phenolic OH excluding ortho intramolecular Hbond substituents is 1. The van der Waals surface area contributed by atoms with Crippen molar-refractivity contribution in [2.45, 2.75) is 25.7 Å². The van der Waals surface area contributed by atoms with Gasteiger partial charge in [0.1, 0.15) is 0 Å². The number of aryl methyl sites for hydroxylation is 1. The highest BCUT2D eigenvalue weighted by molar-refractivity contribution is 5.71. The van der Waals surface area contributed by atoms with Crippen LogP contribution < -0.4 is 4.74 Å². The third kappa shape index (κ3) is 2.19. The number of ether oxygens (including phenoxy) is 1. The summed E-state index contributed by atoms with van der Waals surface area (Å²) < 4.78 is 5.20. The molecule has 19 heavy (non-hydrogen) atoms. The molecule has 98 valence electrons. The number of phenols is 1. The average molecular weight is 254 g/mol. The second-order valence-electron chi connectivity index (χ2n) is 5.04. The Morgan fingerprint density at radius 1 is 1.05 bits per heavy atom. The molecule has 0 saturated carbocycles. The maximum atomic E-state index is 9.70. The third-order valence-electron chi connectivity index (χ3n) is 3.89. The first-order valence-corrected chi connectivity index (χ1v) is 6.78. The van der Waals surface area contributed by atoms with Crippen molar-refractivity contribution in [3.05, 3.63) is 47.5 Å². The number of benzene rings is 2. The van der Waals surface area contributed by atoms with Crippen LogP contribution in [0, 0.1) is 0 Å². The number of rotatable bonds is 2. The molecule has 0 atom stereocenters. The minimum absolute atomic E-state index is 0.191. The molecular weight excluding hydrogens is 236 g/mol. The van der Waals surface area contributed by atoms with E-state index in [0.29, 0.717) is 5.75 Å². The summed E-state index contributed by atoms with van der Waals surface area (Å²) in [6.45, 7) is 0. The lowest BCUT2D eigenvalue weighted by molar-refractivity contribution is 0.373. The molecule has 1 aliphatic carbocycles. The molecule has 0 spiro atoms. The Labute approximate surface area is 113 Å². The minimum atomic E-state index is 0.191. The molecule has 0 radical (unpaired) electrons. The first kappa shape index (κ1) is 12.1. The van der Waals surface area contributed by atoms with Gasteiger partial charge in [0.25, 0.3) is 0 Å². The quantitative estimate of drug-likeness (QED) is 0.879. The molecule has 2 nitrogen and oxygen atoms in total. The highest BCUT2D eigenvalue weighted by Gasteiger charge is 2.14. The first-order chi connectivity index (χ1) is 9.29. The second kappa shape index (κ2) is 4.96. The van der Waals surface area contributed by atoms with Crippen LogP contribution in [0.5, 0.6) is 11.5 Å². The van der Waals surface area contributed by atoms with Gasteiger partial charge in [0, 0.05) is 0 Å². The monoisotopic (exact) mass is 254 g/mol. The lowest BCUT2D eigenvalue weighted by Crippen LogP contribution is -2.04. The second-order valence-corrected chi connectivity index (χ2v) is 5.04. The van der Waals surface area contributed by atoms with E-state index in [1.54, 1.807) is 13.2 Å². The van der Waals surface area contributed by atoms with E-state index >= 15 is 0 Å². The first-order valence-electron chi connectivity index (χ1n) is 6.78. The zero-order chi connectivity index (χ0) is 13.2. The van der Waals surface area contributed by atoms with Crippen LogP contribution in [0.25, 0.3) is 11.1 Å². The van der Waals surface area contributed by atoms with Crippen LogP contribution in [0.2, 0.25) is 0 Å².